The Morgan fingerprint density at radius 3 is 2.33 bits per heavy atom. The Morgan fingerprint density at radius 2 is 1.67 bits per heavy atom. The van der Waals surface area contributed by atoms with Crippen molar-refractivity contribution in [3.8, 4) is 0 Å². The Hall–Kier alpha value is -4.13. The van der Waals surface area contributed by atoms with Crippen LogP contribution in [0, 0.1) is 11.8 Å². The molecule has 49 heavy (non-hydrogen) atoms. The third kappa shape index (κ3) is 10.4. The zero-order valence-corrected chi connectivity index (χ0v) is 28.7. The number of carbonyl (C=O) groups excluding carboxylic acids is 4. The van der Waals surface area contributed by atoms with E-state index in [1.54, 1.807) is 0 Å². The number of nitrogens with two attached hydrogens (primary N) is 2. The van der Waals surface area contributed by atoms with Crippen LogP contribution >= 0.6 is 0 Å². The van der Waals surface area contributed by atoms with Crippen LogP contribution in [-0.2, 0) is 43.4 Å². The Kier molecular flexibility index (Phi) is 13.5. The van der Waals surface area contributed by atoms with Gasteiger partial charge in [-0.25, -0.2) is 0 Å². The van der Waals surface area contributed by atoms with E-state index in [9.17, 15) is 29.1 Å². The van der Waals surface area contributed by atoms with Crippen molar-refractivity contribution in [3.05, 3.63) is 71.3 Å². The smallest absolute Gasteiger partial charge is 0.325 e. The molecule has 12 heteroatoms. The number of hydrogen-bond donors (Lipinski definition) is 6. The molecule has 2 aromatic rings. The van der Waals surface area contributed by atoms with Gasteiger partial charge in [0.05, 0.1) is 12.1 Å². The number of amides is 3. The fourth-order valence-corrected chi connectivity index (χ4v) is 6.70. The predicted molar refractivity (Wildman–Crippen MR) is 186 cm³/mol. The molecule has 2 heterocycles. The summed E-state index contributed by atoms with van der Waals surface area (Å²) in [4.78, 5) is 68.3. The van der Waals surface area contributed by atoms with Crippen molar-refractivity contribution in [1.82, 2.24) is 20.9 Å². The van der Waals surface area contributed by atoms with Crippen LogP contribution in [0.3, 0.4) is 0 Å². The number of carboxylic acids is 1. The van der Waals surface area contributed by atoms with Crippen molar-refractivity contribution < 1.29 is 29.1 Å². The first-order chi connectivity index (χ1) is 23.4. The molecule has 1 fully saturated rings. The predicted octanol–water partition coefficient (Wildman–Crippen LogP) is 1.68. The summed E-state index contributed by atoms with van der Waals surface area (Å²) >= 11 is 0. The van der Waals surface area contributed by atoms with E-state index in [-0.39, 0.29) is 50.0 Å². The number of rotatable bonds is 17. The van der Waals surface area contributed by atoms with E-state index >= 15 is 0 Å². The Balaban J connectivity index is 1.49. The van der Waals surface area contributed by atoms with Crippen LogP contribution in [-0.4, -0.2) is 82.8 Å². The van der Waals surface area contributed by atoms with Gasteiger partial charge in [0.25, 0.3) is 0 Å². The topological polar surface area (TPSA) is 197 Å². The van der Waals surface area contributed by atoms with Crippen LogP contribution in [0.4, 0.5) is 0 Å². The molecule has 266 valence electrons. The van der Waals surface area contributed by atoms with Gasteiger partial charge in [0.15, 0.2) is 5.78 Å². The van der Waals surface area contributed by atoms with Gasteiger partial charge in [0.2, 0.25) is 17.7 Å². The highest BCUT2D eigenvalue weighted by molar-refractivity contribution is 5.95. The van der Waals surface area contributed by atoms with Crippen molar-refractivity contribution in [2.24, 2.45) is 23.3 Å². The maximum Gasteiger partial charge on any atom is 0.325 e. The molecule has 5 atom stereocenters. The van der Waals surface area contributed by atoms with E-state index in [1.807, 2.05) is 68.4 Å². The zero-order valence-electron chi connectivity index (χ0n) is 28.7. The Bertz CT molecular complexity index is 1470. The number of nitrogens with one attached hydrogen (secondary N) is 3. The number of Topliss-reactive ketones (excluding diaryl/α,β-unsaturated/α-hetero) is 1. The van der Waals surface area contributed by atoms with Crippen molar-refractivity contribution in [2.45, 2.75) is 95.4 Å². The van der Waals surface area contributed by atoms with Gasteiger partial charge in [-0.05, 0) is 74.1 Å². The lowest BCUT2D eigenvalue weighted by Gasteiger charge is -2.29. The summed E-state index contributed by atoms with van der Waals surface area (Å²) in [5.41, 5.74) is 13.3. The van der Waals surface area contributed by atoms with Crippen molar-refractivity contribution in [3.63, 3.8) is 0 Å². The van der Waals surface area contributed by atoms with Gasteiger partial charge in [-0.2, -0.15) is 0 Å². The molecule has 0 aliphatic carbocycles. The number of carbonyl (C=O) groups is 5. The molecule has 12 nitrogen and oxygen atoms in total. The fraction of sp³-hybridized carbons (Fsp3) is 0.541. The molecule has 1 saturated heterocycles. The SMILES string of the molecule is CC(C)C[C@@H](CC(=O)[C@@H](Cc1ccccc1)NC(=O)[C@H]1Cc2ccccc2CN1)C(=O)N[C@H](CCCCN)C(=O)N1CCC(N)(C(=O)O)C1. The summed E-state index contributed by atoms with van der Waals surface area (Å²) in [6.45, 7) is 4.91. The van der Waals surface area contributed by atoms with Crippen LogP contribution in [0.1, 0.15) is 69.1 Å². The van der Waals surface area contributed by atoms with Gasteiger partial charge in [-0.3, -0.25) is 24.0 Å². The summed E-state index contributed by atoms with van der Waals surface area (Å²) in [6.07, 6.45) is 2.68. The molecule has 4 rings (SSSR count). The monoisotopic (exact) mass is 676 g/mol. The number of fused-ring (bicyclic) bond motifs is 1. The molecular weight excluding hydrogens is 624 g/mol. The summed E-state index contributed by atoms with van der Waals surface area (Å²) < 4.78 is 0. The standard InChI is InChI=1S/C37H52N6O6/c1-24(2)18-28(33(45)41-29(14-8-9-16-38)35(47)43-17-15-37(39,23-43)36(48)49)21-32(44)30(19-25-10-4-3-5-11-25)42-34(46)31-20-26-12-6-7-13-27(26)22-40-31/h3-7,10-13,24,28-31,40H,8-9,14-23,38-39H2,1-2H3,(H,41,45)(H,42,46)(H,48,49)/t28-,29+,30+,31+,37?/m0/s1. The summed E-state index contributed by atoms with van der Waals surface area (Å²) in [5.74, 6) is -3.24. The number of benzene rings is 2. The number of nitrogens with zero attached hydrogens (tertiary/aromatic N) is 1. The minimum absolute atomic E-state index is 0.0654. The number of aliphatic carboxylic acids is 1. The second kappa shape index (κ2) is 17.5. The minimum Gasteiger partial charge on any atom is -0.480 e. The quantitative estimate of drug-likeness (QED) is 0.135. The van der Waals surface area contributed by atoms with E-state index in [0.717, 1.165) is 16.7 Å². The minimum atomic E-state index is -1.54. The van der Waals surface area contributed by atoms with Crippen LogP contribution < -0.4 is 27.4 Å². The highest BCUT2D eigenvalue weighted by Gasteiger charge is 2.44. The van der Waals surface area contributed by atoms with E-state index in [1.165, 1.54) is 4.90 Å². The van der Waals surface area contributed by atoms with E-state index < -0.39 is 47.4 Å². The molecule has 2 aliphatic rings. The third-order valence-corrected chi connectivity index (χ3v) is 9.56. The van der Waals surface area contributed by atoms with E-state index in [2.05, 4.69) is 16.0 Å². The molecule has 0 radical (unpaired) electrons. The molecule has 3 amide bonds. The lowest BCUT2D eigenvalue weighted by molar-refractivity contribution is -0.143. The maximum absolute atomic E-state index is 14.1. The van der Waals surface area contributed by atoms with Gasteiger partial charge >= 0.3 is 5.97 Å². The first kappa shape index (κ1) is 37.7. The molecule has 8 N–H and O–H groups in total. The van der Waals surface area contributed by atoms with Gasteiger partial charge in [0, 0.05) is 32.0 Å². The molecule has 0 saturated carbocycles. The number of ketones is 1. The van der Waals surface area contributed by atoms with Crippen LogP contribution in [0.2, 0.25) is 0 Å². The average molecular weight is 677 g/mol. The molecule has 2 aliphatic heterocycles. The van der Waals surface area contributed by atoms with Gasteiger partial charge in [-0.15, -0.1) is 0 Å². The van der Waals surface area contributed by atoms with Gasteiger partial charge < -0.3 is 37.4 Å². The molecule has 0 spiro atoms. The summed E-state index contributed by atoms with van der Waals surface area (Å²) in [6, 6.07) is 15.1. The van der Waals surface area contributed by atoms with Crippen LogP contribution in [0.5, 0.6) is 0 Å². The van der Waals surface area contributed by atoms with E-state index in [4.69, 9.17) is 11.5 Å². The second-order valence-corrected chi connectivity index (χ2v) is 14.0. The van der Waals surface area contributed by atoms with Crippen LogP contribution in [0.15, 0.2) is 54.6 Å². The molecule has 0 aromatic heterocycles. The lowest BCUT2D eigenvalue weighted by Crippen LogP contribution is -2.54. The molecular formula is C37H52N6O6. The lowest BCUT2D eigenvalue weighted by atomic mass is 9.88. The van der Waals surface area contributed by atoms with Gasteiger partial charge in [-0.1, -0.05) is 68.4 Å². The molecule has 2 aromatic carbocycles. The number of hydrogen-bond acceptors (Lipinski definition) is 8. The first-order valence-electron chi connectivity index (χ1n) is 17.4. The van der Waals surface area contributed by atoms with E-state index in [0.29, 0.717) is 45.2 Å². The summed E-state index contributed by atoms with van der Waals surface area (Å²) in [7, 11) is 0. The fourth-order valence-electron chi connectivity index (χ4n) is 6.70. The Morgan fingerprint density at radius 1 is 0.980 bits per heavy atom. The number of carboxylic acid groups (broad SMARTS) is 1. The highest BCUT2D eigenvalue weighted by Crippen LogP contribution is 2.23. The summed E-state index contributed by atoms with van der Waals surface area (Å²) in [5, 5.41) is 18.7. The van der Waals surface area contributed by atoms with Crippen LogP contribution in [0.25, 0.3) is 0 Å². The van der Waals surface area contributed by atoms with Crippen molar-refractivity contribution >= 4 is 29.5 Å². The maximum atomic E-state index is 14.1. The molecule has 1 unspecified atom stereocenters. The highest BCUT2D eigenvalue weighted by atomic mass is 16.4. The molecule has 0 bridgehead atoms. The third-order valence-electron chi connectivity index (χ3n) is 9.56. The number of unbranched alkanes of at least 4 members (excludes halogenated alkanes) is 1. The zero-order chi connectivity index (χ0) is 35.6. The normalized spacial score (nSPS) is 20.6. The second-order valence-electron chi connectivity index (χ2n) is 14.0. The van der Waals surface area contributed by atoms with Crippen molar-refractivity contribution in [2.75, 3.05) is 19.6 Å². The van der Waals surface area contributed by atoms with Gasteiger partial charge in [0.1, 0.15) is 11.6 Å². The average Bonchev–Trinajstić information content (AvgIpc) is 3.50. The number of likely N-dealkylation sites (tertiary alicyclic amines) is 1. The van der Waals surface area contributed by atoms with Crippen molar-refractivity contribution in [1.29, 1.82) is 0 Å². The first-order valence-corrected chi connectivity index (χ1v) is 17.4. The largest absolute Gasteiger partial charge is 0.480 e. The Labute approximate surface area is 288 Å².